The molecule has 1 amide bonds. The van der Waals surface area contributed by atoms with E-state index in [4.69, 9.17) is 4.74 Å². The van der Waals surface area contributed by atoms with Gasteiger partial charge >= 0.3 is 0 Å². The zero-order chi connectivity index (χ0) is 12.4. The highest BCUT2D eigenvalue weighted by atomic mass is 16.5. The molecule has 1 aromatic carbocycles. The maximum Gasteiger partial charge on any atom is 0.262 e. The minimum atomic E-state index is -0.0460. The number of hydrogen-bond acceptors (Lipinski definition) is 3. The molecule has 0 aliphatic carbocycles. The van der Waals surface area contributed by atoms with Crippen molar-refractivity contribution in [3.05, 3.63) is 47.4 Å². The van der Waals surface area contributed by atoms with Gasteiger partial charge in [0.15, 0.2) is 6.61 Å². The molecule has 4 heteroatoms. The van der Waals surface area contributed by atoms with Crippen molar-refractivity contribution in [2.45, 2.75) is 13.0 Å². The molecule has 1 N–H and O–H groups in total. The molecule has 0 saturated carbocycles. The second kappa shape index (κ2) is 4.82. The van der Waals surface area contributed by atoms with Crippen LogP contribution in [0.15, 0.2) is 41.8 Å². The first-order valence-electron chi connectivity index (χ1n) is 6.22. The lowest BCUT2D eigenvalue weighted by atomic mass is 10.1. The summed E-state index contributed by atoms with van der Waals surface area (Å²) >= 11 is 0. The van der Waals surface area contributed by atoms with E-state index in [2.05, 4.69) is 34.5 Å². The Kier molecular flexibility index (Phi) is 3.02. The van der Waals surface area contributed by atoms with Gasteiger partial charge in [-0.05, 0) is 5.56 Å². The molecular weight excluding hydrogens is 228 g/mol. The number of nitrogens with zero attached hydrogens (tertiary/aromatic N) is 1. The van der Waals surface area contributed by atoms with Gasteiger partial charge < -0.3 is 10.1 Å². The molecule has 0 unspecified atom stereocenters. The van der Waals surface area contributed by atoms with Gasteiger partial charge in [0, 0.05) is 26.1 Å². The third kappa shape index (κ3) is 2.38. The third-order valence-electron chi connectivity index (χ3n) is 3.29. The predicted molar refractivity (Wildman–Crippen MR) is 67.5 cm³/mol. The van der Waals surface area contributed by atoms with Crippen LogP contribution in [0.3, 0.4) is 0 Å². The summed E-state index contributed by atoms with van der Waals surface area (Å²) in [6.45, 7) is 2.81. The van der Waals surface area contributed by atoms with E-state index in [-0.39, 0.29) is 12.5 Å². The van der Waals surface area contributed by atoms with Crippen molar-refractivity contribution in [2.75, 3.05) is 19.7 Å². The van der Waals surface area contributed by atoms with Crippen LogP contribution in [0.25, 0.3) is 0 Å². The largest absolute Gasteiger partial charge is 0.486 e. The lowest BCUT2D eigenvalue weighted by Gasteiger charge is -2.32. The number of hydrogen-bond donors (Lipinski definition) is 1. The fourth-order valence-corrected chi connectivity index (χ4v) is 2.40. The Balaban J connectivity index is 1.68. The molecule has 0 fully saturated rings. The van der Waals surface area contributed by atoms with Crippen LogP contribution in [0, 0.1) is 0 Å². The van der Waals surface area contributed by atoms with Gasteiger partial charge in [-0.3, -0.25) is 9.69 Å². The summed E-state index contributed by atoms with van der Waals surface area (Å²) in [4.78, 5) is 13.6. The Morgan fingerprint density at radius 1 is 1.28 bits per heavy atom. The minimum Gasteiger partial charge on any atom is -0.486 e. The number of ether oxygens (including phenoxy) is 1. The average Bonchev–Trinajstić information content (AvgIpc) is 2.39. The van der Waals surface area contributed by atoms with Crippen LogP contribution in [0.5, 0.6) is 0 Å². The normalized spacial score (nSPS) is 20.1. The standard InChI is InChI=1S/C14H16N2O2/c17-14-10-18-13-6-7-16(9-12(13)15-14)8-11-4-2-1-3-5-11/h1-5H,6-10H2,(H,15,17). The number of amides is 1. The third-order valence-corrected chi connectivity index (χ3v) is 3.29. The van der Waals surface area contributed by atoms with Gasteiger partial charge in [-0.1, -0.05) is 30.3 Å². The first-order valence-corrected chi connectivity index (χ1v) is 6.22. The van der Waals surface area contributed by atoms with Crippen molar-refractivity contribution < 1.29 is 9.53 Å². The van der Waals surface area contributed by atoms with Gasteiger partial charge in [0.25, 0.3) is 5.91 Å². The molecule has 2 aliphatic heterocycles. The first kappa shape index (κ1) is 11.3. The highest BCUT2D eigenvalue weighted by Crippen LogP contribution is 2.21. The Labute approximate surface area is 106 Å². The monoisotopic (exact) mass is 244 g/mol. The fourth-order valence-electron chi connectivity index (χ4n) is 2.40. The Hall–Kier alpha value is -1.81. The average molecular weight is 244 g/mol. The van der Waals surface area contributed by atoms with E-state index < -0.39 is 0 Å². The first-order chi connectivity index (χ1) is 8.81. The van der Waals surface area contributed by atoms with E-state index in [1.165, 1.54) is 5.56 Å². The summed E-state index contributed by atoms with van der Waals surface area (Å²) in [5.41, 5.74) is 2.23. The van der Waals surface area contributed by atoms with Crippen molar-refractivity contribution in [3.63, 3.8) is 0 Å². The molecule has 0 radical (unpaired) electrons. The van der Waals surface area contributed by atoms with Crippen LogP contribution >= 0.6 is 0 Å². The van der Waals surface area contributed by atoms with E-state index in [9.17, 15) is 4.79 Å². The molecular formula is C14H16N2O2. The Morgan fingerprint density at radius 2 is 2.11 bits per heavy atom. The molecule has 0 spiro atoms. The van der Waals surface area contributed by atoms with E-state index in [0.717, 1.165) is 37.5 Å². The number of rotatable bonds is 2. The molecule has 0 saturated heterocycles. The van der Waals surface area contributed by atoms with Crippen molar-refractivity contribution >= 4 is 5.91 Å². The zero-order valence-corrected chi connectivity index (χ0v) is 10.2. The lowest BCUT2D eigenvalue weighted by Crippen LogP contribution is -2.42. The maximum atomic E-state index is 11.3. The number of carbonyl (C=O) groups is 1. The maximum absolute atomic E-state index is 11.3. The summed E-state index contributed by atoms with van der Waals surface area (Å²) in [5, 5.41) is 2.91. The van der Waals surface area contributed by atoms with E-state index in [1.807, 2.05) is 6.07 Å². The van der Waals surface area contributed by atoms with Gasteiger partial charge in [-0.15, -0.1) is 0 Å². The van der Waals surface area contributed by atoms with Gasteiger partial charge in [-0.25, -0.2) is 0 Å². The molecule has 0 atom stereocenters. The summed E-state index contributed by atoms with van der Waals surface area (Å²) < 4.78 is 5.43. The van der Waals surface area contributed by atoms with E-state index in [0.29, 0.717) is 0 Å². The number of nitrogens with one attached hydrogen (secondary N) is 1. The smallest absolute Gasteiger partial charge is 0.262 e. The molecule has 1 aromatic rings. The van der Waals surface area contributed by atoms with Gasteiger partial charge in [0.05, 0.1) is 5.70 Å². The second-order valence-corrected chi connectivity index (χ2v) is 4.68. The molecule has 94 valence electrons. The molecule has 0 aromatic heterocycles. The Bertz CT molecular complexity index is 482. The molecule has 0 bridgehead atoms. The van der Waals surface area contributed by atoms with Gasteiger partial charge in [-0.2, -0.15) is 0 Å². The van der Waals surface area contributed by atoms with Crippen LogP contribution < -0.4 is 5.32 Å². The lowest BCUT2D eigenvalue weighted by molar-refractivity contribution is -0.125. The summed E-state index contributed by atoms with van der Waals surface area (Å²) in [5.74, 6) is 0.911. The molecule has 18 heavy (non-hydrogen) atoms. The molecule has 2 aliphatic rings. The van der Waals surface area contributed by atoms with Crippen LogP contribution in [0.1, 0.15) is 12.0 Å². The molecule has 4 nitrogen and oxygen atoms in total. The minimum absolute atomic E-state index is 0.0460. The van der Waals surface area contributed by atoms with Gasteiger partial charge in [0.1, 0.15) is 5.76 Å². The van der Waals surface area contributed by atoms with E-state index >= 15 is 0 Å². The number of carbonyl (C=O) groups excluding carboxylic acids is 1. The second-order valence-electron chi connectivity index (χ2n) is 4.68. The zero-order valence-electron chi connectivity index (χ0n) is 10.2. The summed E-state index contributed by atoms with van der Waals surface area (Å²) in [7, 11) is 0. The van der Waals surface area contributed by atoms with Crippen LogP contribution in [0.4, 0.5) is 0 Å². The van der Waals surface area contributed by atoms with Crippen molar-refractivity contribution in [1.29, 1.82) is 0 Å². The van der Waals surface area contributed by atoms with Crippen LogP contribution in [0.2, 0.25) is 0 Å². The number of benzene rings is 1. The Morgan fingerprint density at radius 3 is 2.94 bits per heavy atom. The topological polar surface area (TPSA) is 41.6 Å². The molecule has 2 heterocycles. The quantitative estimate of drug-likeness (QED) is 0.851. The summed E-state index contributed by atoms with van der Waals surface area (Å²) in [6, 6.07) is 10.4. The SMILES string of the molecule is O=C1COC2=C(CN(Cc3ccccc3)CC2)N1. The summed E-state index contributed by atoms with van der Waals surface area (Å²) in [6.07, 6.45) is 0.877. The fraction of sp³-hybridized carbons (Fsp3) is 0.357. The van der Waals surface area contributed by atoms with Crippen LogP contribution in [-0.4, -0.2) is 30.5 Å². The van der Waals surface area contributed by atoms with Crippen molar-refractivity contribution in [3.8, 4) is 0 Å². The highest BCUT2D eigenvalue weighted by Gasteiger charge is 2.25. The highest BCUT2D eigenvalue weighted by molar-refractivity contribution is 5.80. The van der Waals surface area contributed by atoms with Crippen LogP contribution in [-0.2, 0) is 16.1 Å². The predicted octanol–water partition coefficient (Wildman–Crippen LogP) is 1.25. The van der Waals surface area contributed by atoms with Crippen molar-refractivity contribution in [2.24, 2.45) is 0 Å². The van der Waals surface area contributed by atoms with E-state index in [1.54, 1.807) is 0 Å². The molecule has 3 rings (SSSR count). The van der Waals surface area contributed by atoms with Crippen molar-refractivity contribution in [1.82, 2.24) is 10.2 Å². The van der Waals surface area contributed by atoms with Gasteiger partial charge in [0.2, 0.25) is 0 Å².